The van der Waals surface area contributed by atoms with E-state index >= 15 is 0 Å². The standard InChI is InChI=1S/C24H26N4O/c1-3-28-23-13-5-4-12-22(23)27-24(28)18(2)26-16-19-9-8-11-21(15-19)29-17-20-10-6-7-14-25-20/h4-15,18,26H,3,16-17H2,1-2H3. The molecule has 0 radical (unpaired) electrons. The topological polar surface area (TPSA) is 52.0 Å². The number of aromatic nitrogens is 3. The minimum absolute atomic E-state index is 0.139. The van der Waals surface area contributed by atoms with Gasteiger partial charge in [0.15, 0.2) is 0 Å². The van der Waals surface area contributed by atoms with Gasteiger partial charge in [0.2, 0.25) is 0 Å². The maximum absolute atomic E-state index is 5.89. The van der Waals surface area contributed by atoms with Crippen LogP contribution >= 0.6 is 0 Å². The van der Waals surface area contributed by atoms with Gasteiger partial charge in [-0.1, -0.05) is 30.3 Å². The molecule has 5 heteroatoms. The van der Waals surface area contributed by atoms with Crippen LogP contribution in [-0.4, -0.2) is 14.5 Å². The fraction of sp³-hybridized carbons (Fsp3) is 0.250. The van der Waals surface area contributed by atoms with Gasteiger partial charge in [-0.3, -0.25) is 4.98 Å². The average molecular weight is 386 g/mol. The second-order valence-corrected chi connectivity index (χ2v) is 7.06. The highest BCUT2D eigenvalue weighted by atomic mass is 16.5. The van der Waals surface area contributed by atoms with Gasteiger partial charge in [0.05, 0.1) is 22.8 Å². The summed E-state index contributed by atoms with van der Waals surface area (Å²) in [5.74, 6) is 1.92. The van der Waals surface area contributed by atoms with Crippen LogP contribution in [0.2, 0.25) is 0 Å². The van der Waals surface area contributed by atoms with Crippen molar-refractivity contribution in [3.63, 3.8) is 0 Å². The quantitative estimate of drug-likeness (QED) is 0.469. The van der Waals surface area contributed by atoms with E-state index in [0.29, 0.717) is 6.61 Å². The molecule has 0 aliphatic rings. The van der Waals surface area contributed by atoms with E-state index in [4.69, 9.17) is 9.72 Å². The summed E-state index contributed by atoms with van der Waals surface area (Å²) in [6, 6.07) is 22.5. The average Bonchev–Trinajstić information content (AvgIpc) is 3.16. The third kappa shape index (κ3) is 4.46. The van der Waals surface area contributed by atoms with E-state index in [0.717, 1.165) is 35.9 Å². The molecule has 0 aliphatic carbocycles. The van der Waals surface area contributed by atoms with Crippen molar-refractivity contribution in [2.45, 2.75) is 39.6 Å². The number of pyridine rings is 1. The van der Waals surface area contributed by atoms with Crippen LogP contribution in [0.25, 0.3) is 11.0 Å². The maximum atomic E-state index is 5.89. The van der Waals surface area contributed by atoms with Crippen molar-refractivity contribution >= 4 is 11.0 Å². The van der Waals surface area contributed by atoms with Crippen molar-refractivity contribution in [1.29, 1.82) is 0 Å². The Hall–Kier alpha value is -3.18. The Morgan fingerprint density at radius 3 is 2.72 bits per heavy atom. The van der Waals surface area contributed by atoms with E-state index in [9.17, 15) is 0 Å². The molecule has 0 amide bonds. The highest BCUT2D eigenvalue weighted by molar-refractivity contribution is 5.76. The molecule has 29 heavy (non-hydrogen) atoms. The summed E-state index contributed by atoms with van der Waals surface area (Å²) in [6.45, 7) is 6.43. The zero-order chi connectivity index (χ0) is 20.1. The van der Waals surface area contributed by atoms with Gasteiger partial charge < -0.3 is 14.6 Å². The summed E-state index contributed by atoms with van der Waals surface area (Å²) in [6.07, 6.45) is 1.78. The Kier molecular flexibility index (Phi) is 5.86. The van der Waals surface area contributed by atoms with E-state index in [-0.39, 0.29) is 6.04 Å². The summed E-state index contributed by atoms with van der Waals surface area (Å²) < 4.78 is 8.17. The molecule has 1 N–H and O–H groups in total. The van der Waals surface area contributed by atoms with Gasteiger partial charge in [-0.05, 0) is 55.8 Å². The van der Waals surface area contributed by atoms with Crippen molar-refractivity contribution in [2.24, 2.45) is 0 Å². The zero-order valence-corrected chi connectivity index (χ0v) is 16.9. The second kappa shape index (κ2) is 8.88. The van der Waals surface area contributed by atoms with E-state index < -0.39 is 0 Å². The van der Waals surface area contributed by atoms with Gasteiger partial charge in [0.25, 0.3) is 0 Å². The van der Waals surface area contributed by atoms with Gasteiger partial charge in [-0.15, -0.1) is 0 Å². The third-order valence-corrected chi connectivity index (χ3v) is 5.01. The molecule has 0 saturated heterocycles. The number of hydrogen-bond donors (Lipinski definition) is 1. The zero-order valence-electron chi connectivity index (χ0n) is 16.9. The van der Waals surface area contributed by atoms with Crippen LogP contribution in [0.15, 0.2) is 72.9 Å². The van der Waals surface area contributed by atoms with Gasteiger partial charge in [0, 0.05) is 19.3 Å². The van der Waals surface area contributed by atoms with Crippen LogP contribution in [0.4, 0.5) is 0 Å². The summed E-state index contributed by atoms with van der Waals surface area (Å²) >= 11 is 0. The minimum Gasteiger partial charge on any atom is -0.487 e. The van der Waals surface area contributed by atoms with Crippen LogP contribution in [0.5, 0.6) is 5.75 Å². The van der Waals surface area contributed by atoms with Gasteiger partial charge >= 0.3 is 0 Å². The second-order valence-electron chi connectivity index (χ2n) is 7.06. The van der Waals surface area contributed by atoms with E-state index in [1.165, 1.54) is 11.1 Å². The number of ether oxygens (including phenoxy) is 1. The Morgan fingerprint density at radius 2 is 1.90 bits per heavy atom. The number of nitrogens with zero attached hydrogens (tertiary/aromatic N) is 3. The molecule has 4 rings (SSSR count). The molecule has 0 bridgehead atoms. The number of aryl methyl sites for hydroxylation is 1. The van der Waals surface area contributed by atoms with Crippen LogP contribution in [0.3, 0.4) is 0 Å². The molecule has 2 aromatic heterocycles. The number of fused-ring (bicyclic) bond motifs is 1. The first-order chi connectivity index (χ1) is 14.2. The Labute approximate surface area is 171 Å². The smallest absolute Gasteiger partial charge is 0.130 e. The summed E-state index contributed by atoms with van der Waals surface area (Å²) in [4.78, 5) is 9.14. The molecule has 2 aromatic carbocycles. The molecule has 1 atom stereocenters. The van der Waals surface area contributed by atoms with Crippen LogP contribution in [0.1, 0.15) is 37.0 Å². The lowest BCUT2D eigenvalue weighted by molar-refractivity contribution is 0.301. The van der Waals surface area contributed by atoms with Crippen molar-refractivity contribution in [1.82, 2.24) is 19.9 Å². The molecule has 0 spiro atoms. The Bertz CT molecular complexity index is 1070. The maximum Gasteiger partial charge on any atom is 0.130 e. The summed E-state index contributed by atoms with van der Waals surface area (Å²) in [7, 11) is 0. The number of rotatable bonds is 8. The van der Waals surface area contributed by atoms with Crippen molar-refractivity contribution < 1.29 is 4.74 Å². The van der Waals surface area contributed by atoms with Crippen molar-refractivity contribution in [3.05, 3.63) is 90.0 Å². The van der Waals surface area contributed by atoms with Gasteiger partial charge in [-0.2, -0.15) is 0 Å². The Morgan fingerprint density at radius 1 is 1.03 bits per heavy atom. The predicted octanol–water partition coefficient (Wildman–Crippen LogP) is 4.88. The fourth-order valence-electron chi connectivity index (χ4n) is 3.51. The van der Waals surface area contributed by atoms with E-state index in [1.807, 2.05) is 36.4 Å². The van der Waals surface area contributed by atoms with Crippen LogP contribution < -0.4 is 10.1 Å². The normalized spacial score (nSPS) is 12.2. The lowest BCUT2D eigenvalue weighted by Gasteiger charge is -2.16. The van der Waals surface area contributed by atoms with Crippen molar-refractivity contribution in [2.75, 3.05) is 0 Å². The van der Waals surface area contributed by atoms with Gasteiger partial charge in [0.1, 0.15) is 18.2 Å². The lowest BCUT2D eigenvalue weighted by Crippen LogP contribution is -2.21. The summed E-state index contributed by atoms with van der Waals surface area (Å²) in [5.41, 5.74) is 4.32. The van der Waals surface area contributed by atoms with Crippen LogP contribution in [0, 0.1) is 0 Å². The molecular formula is C24H26N4O. The fourth-order valence-corrected chi connectivity index (χ4v) is 3.51. The number of para-hydroxylation sites is 2. The Balaban J connectivity index is 1.41. The number of imidazole rings is 1. The first-order valence-corrected chi connectivity index (χ1v) is 10.0. The van der Waals surface area contributed by atoms with E-state index in [2.05, 4.69) is 59.0 Å². The predicted molar refractivity (Wildman–Crippen MR) is 116 cm³/mol. The molecule has 4 aromatic rings. The molecule has 5 nitrogen and oxygen atoms in total. The third-order valence-electron chi connectivity index (χ3n) is 5.01. The number of hydrogen-bond acceptors (Lipinski definition) is 4. The lowest BCUT2D eigenvalue weighted by atomic mass is 10.2. The highest BCUT2D eigenvalue weighted by Gasteiger charge is 2.15. The molecular weight excluding hydrogens is 360 g/mol. The SMILES string of the molecule is CCn1c(C(C)NCc2cccc(OCc3ccccn3)c2)nc2ccccc21. The van der Waals surface area contributed by atoms with Crippen LogP contribution in [-0.2, 0) is 19.7 Å². The summed E-state index contributed by atoms with van der Waals surface area (Å²) in [5, 5.41) is 3.60. The van der Waals surface area contributed by atoms with Gasteiger partial charge in [-0.25, -0.2) is 4.98 Å². The largest absolute Gasteiger partial charge is 0.487 e. The molecule has 2 heterocycles. The highest BCUT2D eigenvalue weighted by Crippen LogP contribution is 2.21. The first kappa shape index (κ1) is 19.2. The molecule has 148 valence electrons. The molecule has 1 unspecified atom stereocenters. The minimum atomic E-state index is 0.139. The number of benzene rings is 2. The molecule has 0 saturated carbocycles. The number of nitrogens with one attached hydrogen (secondary N) is 1. The monoisotopic (exact) mass is 386 g/mol. The van der Waals surface area contributed by atoms with Crippen molar-refractivity contribution in [3.8, 4) is 5.75 Å². The molecule has 0 aliphatic heterocycles. The first-order valence-electron chi connectivity index (χ1n) is 10.0. The molecule has 0 fully saturated rings. The van der Waals surface area contributed by atoms with E-state index in [1.54, 1.807) is 6.20 Å².